The number of carbonyl (C=O) groups excluding carboxylic acids is 1. The number of hydrogen-bond acceptors (Lipinski definition) is 6. The Morgan fingerprint density at radius 3 is 2.54 bits per heavy atom. The third-order valence-corrected chi connectivity index (χ3v) is 3.90. The minimum atomic E-state index is -0.525. The van der Waals surface area contributed by atoms with Crippen LogP contribution in [0.1, 0.15) is 32.4 Å². The van der Waals surface area contributed by atoms with Crippen molar-refractivity contribution in [2.75, 3.05) is 20.1 Å². The first kappa shape index (κ1) is 18.0. The van der Waals surface area contributed by atoms with Gasteiger partial charge in [-0.1, -0.05) is 5.16 Å². The molecule has 0 saturated carbocycles. The van der Waals surface area contributed by atoms with Gasteiger partial charge in [0.25, 0.3) is 0 Å². The van der Waals surface area contributed by atoms with Gasteiger partial charge in [-0.15, -0.1) is 0 Å². The van der Waals surface area contributed by atoms with Gasteiger partial charge in [-0.25, -0.2) is 4.79 Å². The van der Waals surface area contributed by atoms with Gasteiger partial charge < -0.3 is 20.6 Å². The number of aromatic nitrogens is 1. The Morgan fingerprint density at radius 1 is 1.46 bits per heavy atom. The van der Waals surface area contributed by atoms with Gasteiger partial charge in [-0.2, -0.15) is 0 Å². The number of rotatable bonds is 4. The Bertz CT molecular complexity index is 593. The zero-order chi connectivity index (χ0) is 17.9. The number of likely N-dealkylation sites (N-methyl/N-ethyl adjacent to an activating group) is 1. The number of pyridine rings is 1. The molecule has 8 heteroatoms. The van der Waals surface area contributed by atoms with E-state index in [9.17, 15) is 4.79 Å². The SMILES string of the molecule is CN(C(=O)OC(C)(C)C)C1CN([C@H](C(N)=NO)c2ccncc2)C1. The standard InChI is InChI=1S/C16H25N5O3/c1-16(2,3)24-15(22)20(4)12-9-21(10-12)13(14(17)19-23)11-5-7-18-8-6-11/h5-8,12-13,23H,9-10H2,1-4H3,(H2,17,19)/t13-/m0/s1. The highest BCUT2D eigenvalue weighted by Crippen LogP contribution is 2.28. The van der Waals surface area contributed by atoms with Gasteiger partial charge in [0.1, 0.15) is 5.60 Å². The van der Waals surface area contributed by atoms with Crippen molar-refractivity contribution in [3.8, 4) is 0 Å². The Hall–Kier alpha value is -2.35. The summed E-state index contributed by atoms with van der Waals surface area (Å²) >= 11 is 0. The van der Waals surface area contributed by atoms with Crippen LogP contribution < -0.4 is 5.73 Å². The second-order valence-electron chi connectivity index (χ2n) is 6.91. The molecule has 3 N–H and O–H groups in total. The molecule has 2 heterocycles. The molecule has 1 atom stereocenters. The van der Waals surface area contributed by atoms with Crippen LogP contribution in [0.15, 0.2) is 29.7 Å². The maximum absolute atomic E-state index is 12.1. The third kappa shape index (κ3) is 4.14. The second kappa shape index (κ2) is 7.04. The summed E-state index contributed by atoms with van der Waals surface area (Å²) in [5, 5.41) is 12.2. The summed E-state index contributed by atoms with van der Waals surface area (Å²) in [5.41, 5.74) is 6.22. The predicted octanol–water partition coefficient (Wildman–Crippen LogP) is 1.42. The largest absolute Gasteiger partial charge is 0.444 e. The molecule has 0 aliphatic carbocycles. The zero-order valence-corrected chi connectivity index (χ0v) is 14.5. The topological polar surface area (TPSA) is 104 Å². The van der Waals surface area contributed by atoms with E-state index in [1.165, 1.54) is 0 Å². The normalized spacial score (nSPS) is 17.9. The lowest BCUT2D eigenvalue weighted by Gasteiger charge is -2.47. The monoisotopic (exact) mass is 335 g/mol. The average Bonchev–Trinajstić information content (AvgIpc) is 2.48. The van der Waals surface area contributed by atoms with Crippen LogP contribution in [0.2, 0.25) is 0 Å². The van der Waals surface area contributed by atoms with Crippen LogP contribution in [0.25, 0.3) is 0 Å². The summed E-state index contributed by atoms with van der Waals surface area (Å²) in [4.78, 5) is 19.7. The number of oxime groups is 1. The minimum Gasteiger partial charge on any atom is -0.444 e. The van der Waals surface area contributed by atoms with E-state index in [1.54, 1.807) is 24.3 Å². The predicted molar refractivity (Wildman–Crippen MR) is 89.7 cm³/mol. The molecule has 2 rings (SSSR count). The van der Waals surface area contributed by atoms with Crippen molar-refractivity contribution in [2.45, 2.75) is 38.5 Å². The van der Waals surface area contributed by atoms with Gasteiger partial charge in [-0.3, -0.25) is 9.88 Å². The van der Waals surface area contributed by atoms with Gasteiger partial charge in [0, 0.05) is 32.5 Å². The highest BCUT2D eigenvalue weighted by atomic mass is 16.6. The maximum atomic E-state index is 12.1. The van der Waals surface area contributed by atoms with E-state index in [0.717, 1.165) is 5.56 Å². The fourth-order valence-corrected chi connectivity index (χ4v) is 2.60. The van der Waals surface area contributed by atoms with Crippen molar-refractivity contribution in [1.29, 1.82) is 0 Å². The van der Waals surface area contributed by atoms with E-state index in [4.69, 9.17) is 15.7 Å². The Morgan fingerprint density at radius 2 is 2.04 bits per heavy atom. The number of likely N-dealkylation sites (tertiary alicyclic amines) is 1. The van der Waals surface area contributed by atoms with Gasteiger partial charge in [0.15, 0.2) is 5.84 Å². The molecule has 1 aromatic heterocycles. The van der Waals surface area contributed by atoms with Crippen molar-refractivity contribution in [2.24, 2.45) is 10.9 Å². The summed E-state index contributed by atoms with van der Waals surface area (Å²) in [6.45, 7) is 6.73. The molecule has 0 aromatic carbocycles. The molecule has 0 unspecified atom stereocenters. The van der Waals surface area contributed by atoms with Crippen LogP contribution in [0.5, 0.6) is 0 Å². The number of ether oxygens (including phenoxy) is 1. The molecule has 24 heavy (non-hydrogen) atoms. The number of hydrogen-bond donors (Lipinski definition) is 2. The summed E-state index contributed by atoms with van der Waals surface area (Å²) in [7, 11) is 1.72. The molecular formula is C16H25N5O3. The fourth-order valence-electron chi connectivity index (χ4n) is 2.60. The first-order valence-electron chi connectivity index (χ1n) is 7.80. The Balaban J connectivity index is 2.02. The summed E-state index contributed by atoms with van der Waals surface area (Å²) < 4.78 is 5.38. The molecule has 0 spiro atoms. The molecule has 1 fully saturated rings. The van der Waals surface area contributed by atoms with E-state index >= 15 is 0 Å². The molecule has 8 nitrogen and oxygen atoms in total. The van der Waals surface area contributed by atoms with Gasteiger partial charge in [0.05, 0.1) is 12.1 Å². The molecule has 1 amide bonds. The first-order valence-corrected chi connectivity index (χ1v) is 7.80. The number of amides is 1. The van der Waals surface area contributed by atoms with Gasteiger partial charge in [0.2, 0.25) is 0 Å². The highest BCUT2D eigenvalue weighted by molar-refractivity contribution is 5.86. The molecule has 1 saturated heterocycles. The summed E-state index contributed by atoms with van der Waals surface area (Å²) in [6.07, 6.45) is 2.98. The van der Waals surface area contributed by atoms with Crippen molar-refractivity contribution in [3.05, 3.63) is 30.1 Å². The van der Waals surface area contributed by atoms with E-state index in [-0.39, 0.29) is 24.0 Å². The molecule has 132 valence electrons. The Labute approximate surface area is 141 Å². The lowest BCUT2D eigenvalue weighted by atomic mass is 9.98. The summed E-state index contributed by atoms with van der Waals surface area (Å²) in [6, 6.07) is 3.33. The van der Waals surface area contributed by atoms with Crippen LogP contribution in [0, 0.1) is 0 Å². The second-order valence-corrected chi connectivity index (χ2v) is 6.91. The van der Waals surface area contributed by atoms with Crippen molar-refractivity contribution in [1.82, 2.24) is 14.8 Å². The maximum Gasteiger partial charge on any atom is 0.410 e. The number of nitrogens with two attached hydrogens (primary N) is 1. The lowest BCUT2D eigenvalue weighted by molar-refractivity contribution is -0.00894. The minimum absolute atomic E-state index is 0.0238. The summed E-state index contributed by atoms with van der Waals surface area (Å²) in [5.74, 6) is 0.111. The molecule has 1 aliphatic rings. The smallest absolute Gasteiger partial charge is 0.410 e. The third-order valence-electron chi connectivity index (χ3n) is 3.90. The van der Waals surface area contributed by atoms with Crippen molar-refractivity contribution < 1.29 is 14.7 Å². The molecular weight excluding hydrogens is 310 g/mol. The molecule has 0 bridgehead atoms. The molecule has 1 aliphatic heterocycles. The van der Waals surface area contributed by atoms with E-state index in [1.807, 2.05) is 37.8 Å². The van der Waals surface area contributed by atoms with Crippen LogP contribution in [0.3, 0.4) is 0 Å². The van der Waals surface area contributed by atoms with Gasteiger partial charge >= 0.3 is 6.09 Å². The van der Waals surface area contributed by atoms with E-state index < -0.39 is 5.60 Å². The first-order chi connectivity index (χ1) is 11.2. The van der Waals surface area contributed by atoms with Crippen LogP contribution >= 0.6 is 0 Å². The number of amidine groups is 1. The number of nitrogens with zero attached hydrogens (tertiary/aromatic N) is 4. The van der Waals surface area contributed by atoms with E-state index in [2.05, 4.69) is 10.1 Å². The van der Waals surface area contributed by atoms with E-state index in [0.29, 0.717) is 13.1 Å². The van der Waals surface area contributed by atoms with Gasteiger partial charge in [-0.05, 0) is 38.5 Å². The fraction of sp³-hybridized carbons (Fsp3) is 0.562. The van der Waals surface area contributed by atoms with Crippen LogP contribution in [-0.4, -0.2) is 63.7 Å². The van der Waals surface area contributed by atoms with Crippen LogP contribution in [0.4, 0.5) is 4.79 Å². The Kier molecular flexibility index (Phi) is 5.28. The quantitative estimate of drug-likeness (QED) is 0.373. The zero-order valence-electron chi connectivity index (χ0n) is 14.5. The van der Waals surface area contributed by atoms with Crippen LogP contribution in [-0.2, 0) is 4.74 Å². The average molecular weight is 335 g/mol. The molecule has 1 aromatic rings. The lowest BCUT2D eigenvalue weighted by Crippen LogP contribution is -2.62. The van der Waals surface area contributed by atoms with Crippen molar-refractivity contribution >= 4 is 11.9 Å². The molecule has 0 radical (unpaired) electrons. The van der Waals surface area contributed by atoms with Crippen molar-refractivity contribution in [3.63, 3.8) is 0 Å². The number of carbonyl (C=O) groups is 1. The highest BCUT2D eigenvalue weighted by Gasteiger charge is 2.39.